The number of aromatic nitrogens is 3. The summed E-state index contributed by atoms with van der Waals surface area (Å²) in [5, 5.41) is 0.611. The van der Waals surface area contributed by atoms with Crippen LogP contribution in [0.25, 0.3) is 10.9 Å². The number of hydrogen-bond donors (Lipinski definition) is 0. The zero-order valence-corrected chi connectivity index (χ0v) is 36.1. The smallest absolute Gasteiger partial charge is 0.332 e. The van der Waals surface area contributed by atoms with Gasteiger partial charge in [0.05, 0.1) is 5.52 Å². The molecule has 7 rings (SSSR count). The van der Waals surface area contributed by atoms with Crippen LogP contribution in [0.2, 0.25) is 11.6 Å². The summed E-state index contributed by atoms with van der Waals surface area (Å²) in [6.45, 7) is 1.88. The molecule has 2 atom stereocenters. The molecule has 0 saturated heterocycles. The molecule has 5 aliphatic carbocycles. The maximum absolute atomic E-state index is 15.2. The average molecular weight is 770 g/mol. The maximum Gasteiger partial charge on any atom is 0.332 e. The van der Waals surface area contributed by atoms with Crippen molar-refractivity contribution in [2.24, 2.45) is 18.9 Å². The van der Waals surface area contributed by atoms with Gasteiger partial charge in [-0.3, -0.25) is 23.3 Å². The second-order valence-electron chi connectivity index (χ2n) is 19.7. The lowest BCUT2D eigenvalue weighted by molar-refractivity contribution is 0.241. The van der Waals surface area contributed by atoms with E-state index in [-0.39, 0.29) is 34.9 Å². The van der Waals surface area contributed by atoms with Gasteiger partial charge in [0.1, 0.15) is 18.5 Å². The third kappa shape index (κ3) is 9.62. The summed E-state index contributed by atoms with van der Waals surface area (Å²) in [5.41, 5.74) is 0.795. The highest BCUT2D eigenvalue weighted by Gasteiger charge is 2.33. The molecule has 311 valence electrons. The van der Waals surface area contributed by atoms with Gasteiger partial charge >= 0.3 is 5.69 Å². The highest BCUT2D eigenvalue weighted by molar-refractivity contribution is 6.39. The van der Waals surface area contributed by atoms with Crippen molar-refractivity contribution >= 4 is 24.0 Å². The van der Waals surface area contributed by atoms with Crippen LogP contribution in [-0.2, 0) is 7.05 Å². The standard InChI is InChI=1S/C48H78BN4O3/c1-35-44-43(45(51(3)46(35)54)50(2)40-28-14-6-4-7-15-29-40)47(55)53(41-30-16-8-5-9-17-31-41)48(56)52(44)42-32-20-27-39(33-34-42)49-38-25-18-23-37(24-19-26-38)36-21-12-10-11-13-22-36/h36-42H,4-34H2,1-3H3. The van der Waals surface area contributed by atoms with Crippen LogP contribution >= 0.6 is 0 Å². The van der Waals surface area contributed by atoms with Gasteiger partial charge in [0.25, 0.3) is 11.1 Å². The Morgan fingerprint density at radius 3 is 1.54 bits per heavy atom. The molecule has 2 aromatic rings. The number of rotatable bonds is 7. The number of hydrogen-bond acceptors (Lipinski definition) is 4. The fraction of sp³-hybridized carbons (Fsp3) is 0.854. The van der Waals surface area contributed by atoms with Crippen LogP contribution in [0, 0.1) is 18.8 Å². The summed E-state index contributed by atoms with van der Waals surface area (Å²) in [6, 6.07) is 0.176. The van der Waals surface area contributed by atoms with Gasteiger partial charge < -0.3 is 4.90 Å². The lowest BCUT2D eigenvalue weighted by Crippen LogP contribution is -2.46. The van der Waals surface area contributed by atoms with Crippen LogP contribution < -0.4 is 21.7 Å². The monoisotopic (exact) mass is 770 g/mol. The first kappa shape index (κ1) is 41.9. The van der Waals surface area contributed by atoms with Crippen molar-refractivity contribution < 1.29 is 0 Å². The molecule has 8 heteroatoms. The quantitative estimate of drug-likeness (QED) is 0.208. The molecule has 0 bridgehead atoms. The molecule has 0 aromatic carbocycles. The molecule has 2 unspecified atom stereocenters. The SMILES string of the molecule is Cc1c(=O)n(C)c(N(C)C2CCCCCCC2)c2c(=O)n(C3CCCCCCC3)c(=O)n(C3CCCC([B]C4CCCC(C5CCCCCC5)CCC4)CC3)c12. The highest BCUT2D eigenvalue weighted by atomic mass is 16.2. The number of fused-ring (bicyclic) bond motifs is 1. The predicted octanol–water partition coefficient (Wildman–Crippen LogP) is 11.7. The van der Waals surface area contributed by atoms with Gasteiger partial charge in [-0.25, -0.2) is 4.79 Å². The minimum atomic E-state index is -0.163. The Labute approximate surface area is 340 Å². The van der Waals surface area contributed by atoms with Crippen LogP contribution in [0.5, 0.6) is 0 Å². The number of nitrogens with zero attached hydrogens (tertiary/aromatic N) is 4. The van der Waals surface area contributed by atoms with Gasteiger partial charge in [0.15, 0.2) is 0 Å². The van der Waals surface area contributed by atoms with E-state index in [4.69, 9.17) is 0 Å². The van der Waals surface area contributed by atoms with E-state index >= 15 is 9.59 Å². The van der Waals surface area contributed by atoms with Crippen molar-refractivity contribution in [3.05, 3.63) is 36.8 Å². The van der Waals surface area contributed by atoms with E-state index in [0.717, 1.165) is 81.9 Å². The van der Waals surface area contributed by atoms with E-state index < -0.39 is 0 Å². The van der Waals surface area contributed by atoms with Crippen molar-refractivity contribution in [1.82, 2.24) is 13.7 Å². The maximum atomic E-state index is 15.2. The average Bonchev–Trinajstić information content (AvgIpc) is 3.56. The third-order valence-corrected chi connectivity index (χ3v) is 16.0. The first-order valence-electron chi connectivity index (χ1n) is 24.3. The van der Waals surface area contributed by atoms with E-state index in [2.05, 4.69) is 19.2 Å². The summed E-state index contributed by atoms with van der Waals surface area (Å²) in [4.78, 5) is 46.8. The van der Waals surface area contributed by atoms with Crippen molar-refractivity contribution in [2.45, 2.75) is 236 Å². The van der Waals surface area contributed by atoms with Gasteiger partial charge in [0.2, 0.25) is 0 Å². The lowest BCUT2D eigenvalue weighted by Gasteiger charge is -2.34. The van der Waals surface area contributed by atoms with Crippen LogP contribution in [0.3, 0.4) is 0 Å². The van der Waals surface area contributed by atoms with Crippen molar-refractivity contribution in [1.29, 1.82) is 0 Å². The Morgan fingerprint density at radius 2 is 0.946 bits per heavy atom. The highest BCUT2D eigenvalue weighted by Crippen LogP contribution is 2.42. The molecule has 2 aromatic heterocycles. The topological polar surface area (TPSA) is 69.2 Å². The molecule has 2 heterocycles. The zero-order valence-electron chi connectivity index (χ0n) is 36.1. The molecule has 56 heavy (non-hydrogen) atoms. The number of pyridine rings is 1. The fourth-order valence-corrected chi connectivity index (χ4v) is 12.8. The second-order valence-corrected chi connectivity index (χ2v) is 19.7. The zero-order chi connectivity index (χ0) is 39.0. The van der Waals surface area contributed by atoms with E-state index in [1.54, 1.807) is 9.13 Å². The fourth-order valence-electron chi connectivity index (χ4n) is 12.8. The molecule has 7 nitrogen and oxygen atoms in total. The van der Waals surface area contributed by atoms with E-state index in [0.29, 0.717) is 28.1 Å². The summed E-state index contributed by atoms with van der Waals surface area (Å²) < 4.78 is 5.48. The minimum absolute atomic E-state index is 0.00757. The Morgan fingerprint density at radius 1 is 0.500 bits per heavy atom. The molecule has 0 aliphatic heterocycles. The molecule has 1 radical (unpaired) electrons. The molecule has 0 spiro atoms. The van der Waals surface area contributed by atoms with Gasteiger partial charge in [-0.2, -0.15) is 0 Å². The molecule has 0 N–H and O–H groups in total. The molecular weight excluding hydrogens is 691 g/mol. The first-order chi connectivity index (χ1) is 27.3. The van der Waals surface area contributed by atoms with Crippen LogP contribution in [0.15, 0.2) is 14.4 Å². The van der Waals surface area contributed by atoms with Gasteiger partial charge in [-0.05, 0) is 57.3 Å². The molecule has 5 saturated carbocycles. The summed E-state index contributed by atoms with van der Waals surface area (Å²) in [7, 11) is 6.73. The summed E-state index contributed by atoms with van der Waals surface area (Å²) in [6.07, 6.45) is 38.0. The van der Waals surface area contributed by atoms with Gasteiger partial charge in [-0.15, -0.1) is 0 Å². The van der Waals surface area contributed by atoms with E-state index in [9.17, 15) is 4.79 Å². The largest absolute Gasteiger partial charge is 0.357 e. The third-order valence-electron chi connectivity index (χ3n) is 16.0. The summed E-state index contributed by atoms with van der Waals surface area (Å²) >= 11 is 0. The Hall–Kier alpha value is -2.25. The Kier molecular flexibility index (Phi) is 15.1. The van der Waals surface area contributed by atoms with Crippen LogP contribution in [0.1, 0.15) is 217 Å². The van der Waals surface area contributed by atoms with Crippen LogP contribution in [0.4, 0.5) is 5.82 Å². The molecule has 5 fully saturated rings. The molecular formula is C48H78BN4O3. The molecule has 0 amide bonds. The van der Waals surface area contributed by atoms with Crippen molar-refractivity contribution in [3.63, 3.8) is 0 Å². The summed E-state index contributed by atoms with van der Waals surface area (Å²) in [5.74, 6) is 3.97. The van der Waals surface area contributed by atoms with Gasteiger partial charge in [-0.1, -0.05) is 172 Å². The molecule has 5 aliphatic rings. The van der Waals surface area contributed by atoms with E-state index in [1.165, 1.54) is 135 Å². The van der Waals surface area contributed by atoms with Gasteiger partial charge in [0, 0.05) is 37.8 Å². The lowest BCUT2D eigenvalue weighted by atomic mass is 9.50. The van der Waals surface area contributed by atoms with Crippen LogP contribution in [-0.4, -0.2) is 34.1 Å². The predicted molar refractivity (Wildman–Crippen MR) is 236 cm³/mol. The Bertz CT molecular complexity index is 1730. The number of aryl methyl sites for hydroxylation is 1. The first-order valence-corrected chi connectivity index (χ1v) is 24.3. The number of anilines is 1. The minimum Gasteiger partial charge on any atom is -0.357 e. The van der Waals surface area contributed by atoms with Crippen molar-refractivity contribution in [3.8, 4) is 0 Å². The Balaban J connectivity index is 1.19. The van der Waals surface area contributed by atoms with Crippen molar-refractivity contribution in [2.75, 3.05) is 11.9 Å². The normalized spacial score (nSPS) is 27.8. The van der Waals surface area contributed by atoms with E-state index in [1.807, 2.05) is 18.5 Å². The second kappa shape index (κ2) is 20.1.